The second-order valence-electron chi connectivity index (χ2n) is 6.31. The van der Waals surface area contributed by atoms with Gasteiger partial charge in [0.1, 0.15) is 12.3 Å². The molecule has 3 rings (SSSR count). The molecule has 1 aromatic heterocycles. The number of aromatic nitrogens is 1. The fourth-order valence-electron chi connectivity index (χ4n) is 2.68. The first-order chi connectivity index (χ1) is 14.0. The van der Waals surface area contributed by atoms with Gasteiger partial charge in [0.25, 0.3) is 5.91 Å². The van der Waals surface area contributed by atoms with Crippen molar-refractivity contribution in [2.24, 2.45) is 4.99 Å². The number of halogens is 1. The van der Waals surface area contributed by atoms with E-state index < -0.39 is 11.9 Å². The van der Waals surface area contributed by atoms with Gasteiger partial charge in [0.15, 0.2) is 4.80 Å². The van der Waals surface area contributed by atoms with Gasteiger partial charge in [-0.3, -0.25) is 9.59 Å². The highest BCUT2D eigenvalue weighted by atomic mass is 79.9. The van der Waals surface area contributed by atoms with Gasteiger partial charge >= 0.3 is 5.97 Å². The SMILES string of the molecule is CCCCOc1cccc(C(=O)N=c2sc3cc(Br)ccc3n2CC(=O)OC)c1. The van der Waals surface area contributed by atoms with E-state index in [1.54, 1.807) is 22.8 Å². The lowest BCUT2D eigenvalue weighted by molar-refractivity contribution is -0.141. The molecule has 0 unspecified atom stereocenters. The molecule has 29 heavy (non-hydrogen) atoms. The normalized spacial score (nSPS) is 11.6. The van der Waals surface area contributed by atoms with Crippen molar-refractivity contribution in [3.05, 3.63) is 57.3 Å². The first kappa shape index (κ1) is 21.3. The Morgan fingerprint density at radius 2 is 2.03 bits per heavy atom. The van der Waals surface area contributed by atoms with Gasteiger partial charge < -0.3 is 14.0 Å². The first-order valence-corrected chi connectivity index (χ1v) is 10.8. The van der Waals surface area contributed by atoms with Crippen molar-refractivity contribution in [1.29, 1.82) is 0 Å². The summed E-state index contributed by atoms with van der Waals surface area (Å²) in [5.74, 6) is -0.162. The molecule has 0 spiro atoms. The third kappa shape index (κ3) is 5.33. The van der Waals surface area contributed by atoms with Crippen LogP contribution in [0.4, 0.5) is 0 Å². The van der Waals surface area contributed by atoms with Gasteiger partial charge in [0, 0.05) is 10.0 Å². The Kier molecular flexibility index (Phi) is 7.22. The van der Waals surface area contributed by atoms with Gasteiger partial charge in [0.05, 0.1) is 23.9 Å². The molecule has 0 aliphatic rings. The number of fused-ring (bicyclic) bond motifs is 1. The molecule has 0 fully saturated rings. The van der Waals surface area contributed by atoms with Gasteiger partial charge in [-0.15, -0.1) is 0 Å². The minimum atomic E-state index is -0.409. The molecule has 8 heteroatoms. The van der Waals surface area contributed by atoms with Crippen LogP contribution in [0.3, 0.4) is 0 Å². The Hall–Kier alpha value is -2.45. The second kappa shape index (κ2) is 9.84. The van der Waals surface area contributed by atoms with E-state index in [-0.39, 0.29) is 6.54 Å². The number of benzene rings is 2. The maximum atomic E-state index is 12.8. The molecule has 0 atom stereocenters. The number of carbonyl (C=O) groups is 2. The molecule has 2 aromatic carbocycles. The molecule has 0 N–H and O–H groups in total. The predicted molar refractivity (Wildman–Crippen MR) is 116 cm³/mol. The molecule has 6 nitrogen and oxygen atoms in total. The first-order valence-electron chi connectivity index (χ1n) is 9.19. The topological polar surface area (TPSA) is 69.9 Å². The molecule has 152 valence electrons. The number of hydrogen-bond donors (Lipinski definition) is 0. The molecule has 0 aliphatic carbocycles. The number of unbranched alkanes of at least 4 members (excludes halogenated alkanes) is 1. The van der Waals surface area contributed by atoms with Gasteiger partial charge in [-0.2, -0.15) is 4.99 Å². The molecule has 1 heterocycles. The van der Waals surface area contributed by atoms with Crippen LogP contribution in [0, 0.1) is 0 Å². The number of thiazole rings is 1. The summed E-state index contributed by atoms with van der Waals surface area (Å²) < 4.78 is 14.0. The van der Waals surface area contributed by atoms with Gasteiger partial charge in [0.2, 0.25) is 0 Å². The van der Waals surface area contributed by atoms with Crippen LogP contribution in [-0.4, -0.2) is 30.2 Å². The molecule has 0 aliphatic heterocycles. The highest BCUT2D eigenvalue weighted by Crippen LogP contribution is 2.22. The minimum Gasteiger partial charge on any atom is -0.494 e. The summed E-state index contributed by atoms with van der Waals surface area (Å²) in [5, 5.41) is 0. The maximum Gasteiger partial charge on any atom is 0.325 e. The van der Waals surface area contributed by atoms with E-state index in [9.17, 15) is 9.59 Å². The summed E-state index contributed by atoms with van der Waals surface area (Å²) in [6.45, 7) is 2.68. The van der Waals surface area contributed by atoms with Gasteiger partial charge in [-0.25, -0.2) is 0 Å². The number of hydrogen-bond acceptors (Lipinski definition) is 5. The number of amides is 1. The molecular weight excluding hydrogens is 456 g/mol. The van der Waals surface area contributed by atoms with E-state index in [1.165, 1.54) is 18.4 Å². The van der Waals surface area contributed by atoms with Gasteiger partial charge in [-0.1, -0.05) is 46.7 Å². The average Bonchev–Trinajstić information content (AvgIpc) is 3.04. The third-order valence-electron chi connectivity index (χ3n) is 4.20. The van der Waals surface area contributed by atoms with E-state index in [2.05, 4.69) is 27.8 Å². The summed E-state index contributed by atoms with van der Waals surface area (Å²) in [6, 6.07) is 12.7. The number of methoxy groups -OCH3 is 1. The fraction of sp³-hybridized carbons (Fsp3) is 0.286. The van der Waals surface area contributed by atoms with Crippen molar-refractivity contribution in [3.8, 4) is 5.75 Å². The van der Waals surface area contributed by atoms with Gasteiger partial charge in [-0.05, 0) is 42.8 Å². The Morgan fingerprint density at radius 1 is 1.21 bits per heavy atom. The number of ether oxygens (including phenoxy) is 2. The monoisotopic (exact) mass is 476 g/mol. The fourth-order valence-corrected chi connectivity index (χ4v) is 4.26. The van der Waals surface area contributed by atoms with Crippen molar-refractivity contribution in [3.63, 3.8) is 0 Å². The zero-order chi connectivity index (χ0) is 20.8. The highest BCUT2D eigenvalue weighted by molar-refractivity contribution is 9.10. The lowest BCUT2D eigenvalue weighted by Gasteiger charge is -2.06. The van der Waals surface area contributed by atoms with E-state index in [4.69, 9.17) is 9.47 Å². The van der Waals surface area contributed by atoms with Crippen molar-refractivity contribution in [2.75, 3.05) is 13.7 Å². The number of esters is 1. The van der Waals surface area contributed by atoms with Crippen LogP contribution in [-0.2, 0) is 16.1 Å². The van der Waals surface area contributed by atoms with E-state index in [0.717, 1.165) is 27.5 Å². The summed E-state index contributed by atoms with van der Waals surface area (Å²) in [5.41, 5.74) is 1.24. The summed E-state index contributed by atoms with van der Waals surface area (Å²) in [6.07, 6.45) is 1.99. The predicted octanol–water partition coefficient (Wildman–Crippen LogP) is 4.56. The van der Waals surface area contributed by atoms with Crippen LogP contribution < -0.4 is 9.54 Å². The Balaban J connectivity index is 1.98. The standard InChI is InChI=1S/C21H21BrN2O4S/c1-3-4-10-28-16-7-5-6-14(11-16)20(26)23-21-24(13-19(25)27-2)17-9-8-15(22)12-18(17)29-21/h5-9,11-12H,3-4,10,13H2,1-2H3. The number of carbonyl (C=O) groups excluding carboxylic acids is 2. The highest BCUT2D eigenvalue weighted by Gasteiger charge is 2.13. The average molecular weight is 477 g/mol. The summed E-state index contributed by atoms with van der Waals surface area (Å²) >= 11 is 4.79. The molecule has 0 radical (unpaired) electrons. The number of rotatable bonds is 7. The molecule has 0 bridgehead atoms. The molecule has 0 saturated carbocycles. The lowest BCUT2D eigenvalue weighted by atomic mass is 10.2. The van der Waals surface area contributed by atoms with Crippen LogP contribution >= 0.6 is 27.3 Å². The van der Waals surface area contributed by atoms with Crippen molar-refractivity contribution >= 4 is 49.4 Å². The smallest absolute Gasteiger partial charge is 0.325 e. The molecular formula is C21H21BrN2O4S. The zero-order valence-corrected chi connectivity index (χ0v) is 18.6. The van der Waals surface area contributed by atoms with Crippen LogP contribution in [0.15, 0.2) is 51.9 Å². The van der Waals surface area contributed by atoms with Crippen LogP contribution in [0.5, 0.6) is 5.75 Å². The zero-order valence-electron chi connectivity index (χ0n) is 16.2. The molecule has 0 saturated heterocycles. The van der Waals surface area contributed by atoms with E-state index in [1.807, 2.05) is 24.3 Å². The van der Waals surface area contributed by atoms with Crippen molar-refractivity contribution in [1.82, 2.24) is 4.57 Å². The van der Waals surface area contributed by atoms with Crippen LogP contribution in [0.1, 0.15) is 30.1 Å². The Labute approximate surface area is 180 Å². The Bertz CT molecular complexity index is 1100. The van der Waals surface area contributed by atoms with Crippen LogP contribution in [0.2, 0.25) is 0 Å². The summed E-state index contributed by atoms with van der Waals surface area (Å²) in [4.78, 5) is 29.4. The van der Waals surface area contributed by atoms with Crippen molar-refractivity contribution < 1.29 is 19.1 Å². The van der Waals surface area contributed by atoms with Crippen molar-refractivity contribution in [2.45, 2.75) is 26.3 Å². The lowest BCUT2D eigenvalue weighted by Crippen LogP contribution is -2.22. The number of nitrogens with zero attached hydrogens (tertiary/aromatic N) is 2. The largest absolute Gasteiger partial charge is 0.494 e. The second-order valence-corrected chi connectivity index (χ2v) is 8.23. The summed E-state index contributed by atoms with van der Waals surface area (Å²) in [7, 11) is 1.33. The van der Waals surface area contributed by atoms with Crippen LogP contribution in [0.25, 0.3) is 10.2 Å². The third-order valence-corrected chi connectivity index (χ3v) is 5.74. The minimum absolute atomic E-state index is 0.0234. The van der Waals surface area contributed by atoms with E-state index >= 15 is 0 Å². The molecule has 1 amide bonds. The molecule has 3 aromatic rings. The maximum absolute atomic E-state index is 12.8. The van der Waals surface area contributed by atoms with E-state index in [0.29, 0.717) is 22.7 Å². The quantitative estimate of drug-likeness (QED) is 0.370. The Morgan fingerprint density at radius 3 is 2.79 bits per heavy atom.